The van der Waals surface area contributed by atoms with Crippen molar-refractivity contribution in [3.8, 4) is 5.75 Å². The predicted octanol–water partition coefficient (Wildman–Crippen LogP) is 2.61. The lowest BCUT2D eigenvalue weighted by molar-refractivity contribution is 0.388. The number of ether oxygens (including phenoxy) is 1. The number of methoxy groups -OCH3 is 1. The van der Waals surface area contributed by atoms with Crippen molar-refractivity contribution in [1.82, 2.24) is 15.1 Å². The highest BCUT2D eigenvalue weighted by molar-refractivity contribution is 7.22. The van der Waals surface area contributed by atoms with Gasteiger partial charge >= 0.3 is 0 Å². The highest BCUT2D eigenvalue weighted by Gasteiger charge is 2.07. The number of hydrogen-bond acceptors (Lipinski definition) is 7. The van der Waals surface area contributed by atoms with Crippen LogP contribution in [0.1, 0.15) is 11.7 Å². The van der Waals surface area contributed by atoms with Crippen LogP contribution in [0.15, 0.2) is 22.7 Å². The van der Waals surface area contributed by atoms with Gasteiger partial charge in [0.05, 0.1) is 23.9 Å². The molecule has 2 heterocycles. The van der Waals surface area contributed by atoms with Gasteiger partial charge in [-0.25, -0.2) is 4.98 Å². The molecule has 1 N–H and O–H groups in total. The molecule has 0 aliphatic carbocycles. The molecule has 0 fully saturated rings. The number of hydrogen-bond donors (Lipinski definition) is 1. The zero-order valence-electron chi connectivity index (χ0n) is 10.5. The summed E-state index contributed by atoms with van der Waals surface area (Å²) in [5.74, 6) is 2.01. The summed E-state index contributed by atoms with van der Waals surface area (Å²) < 4.78 is 11.2. The van der Waals surface area contributed by atoms with E-state index in [1.807, 2.05) is 18.2 Å². The summed E-state index contributed by atoms with van der Waals surface area (Å²) in [6.07, 6.45) is 0. The van der Waals surface area contributed by atoms with Gasteiger partial charge in [-0.2, -0.15) is 4.98 Å². The molecule has 3 rings (SSSR count). The van der Waals surface area contributed by atoms with E-state index in [4.69, 9.17) is 9.26 Å². The molecule has 3 aromatic rings. The Morgan fingerprint density at radius 2 is 2.26 bits per heavy atom. The van der Waals surface area contributed by atoms with Gasteiger partial charge in [0, 0.05) is 6.92 Å². The van der Waals surface area contributed by atoms with Crippen LogP contribution in [-0.2, 0) is 6.54 Å². The van der Waals surface area contributed by atoms with Crippen LogP contribution in [-0.4, -0.2) is 22.2 Å². The lowest BCUT2D eigenvalue weighted by Gasteiger charge is -1.96. The number of fused-ring (bicyclic) bond motifs is 1. The second kappa shape index (κ2) is 4.85. The van der Waals surface area contributed by atoms with Gasteiger partial charge < -0.3 is 14.6 Å². The summed E-state index contributed by atoms with van der Waals surface area (Å²) in [7, 11) is 1.65. The van der Waals surface area contributed by atoms with Crippen LogP contribution >= 0.6 is 11.3 Å². The lowest BCUT2D eigenvalue weighted by atomic mass is 10.3. The second-order valence-corrected chi connectivity index (χ2v) is 4.97. The van der Waals surface area contributed by atoms with E-state index < -0.39 is 0 Å². The summed E-state index contributed by atoms with van der Waals surface area (Å²) in [6, 6.07) is 5.80. The van der Waals surface area contributed by atoms with Crippen molar-refractivity contribution in [2.24, 2.45) is 0 Å². The minimum atomic E-state index is 0.494. The fourth-order valence-corrected chi connectivity index (χ4v) is 2.57. The molecule has 0 unspecified atom stereocenters. The Labute approximate surface area is 113 Å². The van der Waals surface area contributed by atoms with Gasteiger partial charge in [0.1, 0.15) is 5.75 Å². The molecule has 0 radical (unpaired) electrons. The topological polar surface area (TPSA) is 73.1 Å². The van der Waals surface area contributed by atoms with Gasteiger partial charge in [-0.05, 0) is 18.2 Å². The maximum absolute atomic E-state index is 5.19. The zero-order valence-corrected chi connectivity index (χ0v) is 11.3. The van der Waals surface area contributed by atoms with Crippen LogP contribution in [0.4, 0.5) is 5.13 Å². The number of benzene rings is 1. The van der Waals surface area contributed by atoms with E-state index in [-0.39, 0.29) is 0 Å². The first-order valence-corrected chi connectivity index (χ1v) is 6.54. The van der Waals surface area contributed by atoms with Crippen LogP contribution in [0.25, 0.3) is 10.2 Å². The molecular formula is C12H12N4O2S. The van der Waals surface area contributed by atoms with Crippen LogP contribution in [0.5, 0.6) is 5.75 Å². The van der Waals surface area contributed by atoms with E-state index in [2.05, 4.69) is 20.4 Å². The Kier molecular flexibility index (Phi) is 3.04. The van der Waals surface area contributed by atoms with Crippen molar-refractivity contribution in [1.29, 1.82) is 0 Å². The molecule has 0 bridgehead atoms. The number of rotatable bonds is 4. The van der Waals surface area contributed by atoms with Crippen molar-refractivity contribution >= 4 is 26.7 Å². The van der Waals surface area contributed by atoms with Crippen molar-refractivity contribution in [2.75, 3.05) is 12.4 Å². The summed E-state index contributed by atoms with van der Waals surface area (Å²) in [4.78, 5) is 8.60. The number of anilines is 1. The molecule has 98 valence electrons. The van der Waals surface area contributed by atoms with E-state index in [1.54, 1.807) is 25.4 Å². The van der Waals surface area contributed by atoms with E-state index in [0.717, 1.165) is 21.1 Å². The number of thiazole rings is 1. The van der Waals surface area contributed by atoms with Crippen molar-refractivity contribution < 1.29 is 9.26 Å². The molecule has 0 aliphatic heterocycles. The highest BCUT2D eigenvalue weighted by Crippen LogP contribution is 2.29. The van der Waals surface area contributed by atoms with Crippen LogP contribution < -0.4 is 10.1 Å². The standard InChI is InChI=1S/C12H12N4O2S/c1-7-14-11(16-18-7)6-13-12-15-9-4-3-8(17-2)5-10(9)19-12/h3-5H,6H2,1-2H3,(H,13,15). The van der Waals surface area contributed by atoms with E-state index in [0.29, 0.717) is 18.3 Å². The third kappa shape index (κ3) is 2.50. The number of nitrogens with zero attached hydrogens (tertiary/aromatic N) is 3. The van der Waals surface area contributed by atoms with Gasteiger partial charge in [0.2, 0.25) is 5.89 Å². The molecule has 2 aromatic heterocycles. The molecule has 19 heavy (non-hydrogen) atoms. The van der Waals surface area contributed by atoms with E-state index in [9.17, 15) is 0 Å². The Bertz CT molecular complexity index is 707. The second-order valence-electron chi connectivity index (χ2n) is 3.94. The average molecular weight is 276 g/mol. The molecule has 0 saturated carbocycles. The van der Waals surface area contributed by atoms with Gasteiger partial charge in [0.15, 0.2) is 11.0 Å². The Hall–Kier alpha value is -2.15. The largest absolute Gasteiger partial charge is 0.497 e. The number of nitrogens with one attached hydrogen (secondary N) is 1. The van der Waals surface area contributed by atoms with E-state index in [1.165, 1.54) is 0 Å². The maximum atomic E-state index is 5.19. The summed E-state index contributed by atoms with van der Waals surface area (Å²) in [5, 5.41) is 7.83. The van der Waals surface area contributed by atoms with Crippen LogP contribution in [0, 0.1) is 6.92 Å². The molecule has 7 heteroatoms. The average Bonchev–Trinajstić information content (AvgIpc) is 3.01. The SMILES string of the molecule is COc1ccc2nc(NCc3noc(C)n3)sc2c1. The van der Waals surface area contributed by atoms with Gasteiger partial charge in [-0.1, -0.05) is 16.5 Å². The Morgan fingerprint density at radius 1 is 1.37 bits per heavy atom. The number of aromatic nitrogens is 3. The maximum Gasteiger partial charge on any atom is 0.223 e. The normalized spacial score (nSPS) is 10.8. The van der Waals surface area contributed by atoms with Gasteiger partial charge in [0.25, 0.3) is 0 Å². The summed E-state index contributed by atoms with van der Waals surface area (Å²) in [5.41, 5.74) is 0.942. The fourth-order valence-electron chi connectivity index (χ4n) is 1.68. The smallest absolute Gasteiger partial charge is 0.223 e. The predicted molar refractivity (Wildman–Crippen MR) is 72.5 cm³/mol. The van der Waals surface area contributed by atoms with Crippen molar-refractivity contribution in [3.05, 3.63) is 29.9 Å². The summed E-state index contributed by atoms with van der Waals surface area (Å²) in [6.45, 7) is 2.26. The first kappa shape index (κ1) is 11.9. The number of aryl methyl sites for hydroxylation is 1. The van der Waals surface area contributed by atoms with E-state index >= 15 is 0 Å². The lowest BCUT2D eigenvalue weighted by Crippen LogP contribution is -2.00. The summed E-state index contributed by atoms with van der Waals surface area (Å²) >= 11 is 1.56. The van der Waals surface area contributed by atoms with Crippen molar-refractivity contribution in [3.63, 3.8) is 0 Å². The minimum Gasteiger partial charge on any atom is -0.497 e. The third-order valence-corrected chi connectivity index (χ3v) is 3.54. The molecule has 0 saturated heterocycles. The quantitative estimate of drug-likeness (QED) is 0.789. The third-order valence-electron chi connectivity index (χ3n) is 2.56. The molecule has 0 spiro atoms. The molecule has 0 aliphatic rings. The first-order chi connectivity index (χ1) is 9.24. The van der Waals surface area contributed by atoms with Gasteiger partial charge in [-0.3, -0.25) is 0 Å². The monoisotopic (exact) mass is 276 g/mol. The molecule has 0 amide bonds. The first-order valence-electron chi connectivity index (χ1n) is 5.72. The minimum absolute atomic E-state index is 0.494. The van der Waals surface area contributed by atoms with Gasteiger partial charge in [-0.15, -0.1) is 0 Å². The van der Waals surface area contributed by atoms with Crippen LogP contribution in [0.2, 0.25) is 0 Å². The molecular weight excluding hydrogens is 264 g/mol. The Balaban J connectivity index is 1.77. The van der Waals surface area contributed by atoms with Crippen LogP contribution in [0.3, 0.4) is 0 Å². The highest BCUT2D eigenvalue weighted by atomic mass is 32.1. The zero-order chi connectivity index (χ0) is 13.2. The molecule has 1 aromatic carbocycles. The molecule has 0 atom stereocenters. The molecule has 6 nitrogen and oxygen atoms in total. The van der Waals surface area contributed by atoms with Crippen molar-refractivity contribution in [2.45, 2.75) is 13.5 Å². The fraction of sp³-hybridized carbons (Fsp3) is 0.250. The Morgan fingerprint density at radius 3 is 3.00 bits per heavy atom.